The highest BCUT2D eigenvalue weighted by Crippen LogP contribution is 2.38. The fraction of sp³-hybridized carbons (Fsp3) is 0.200. The Kier molecular flexibility index (Phi) is 10.5. The smallest absolute Gasteiger partial charge is 0.269 e. The number of ether oxygens (including phenoxy) is 3. The second kappa shape index (κ2) is 14.6. The molecule has 11 heteroatoms. The number of methoxy groups -OCH3 is 3. The number of aliphatic hydroxyl groups is 1. The van der Waals surface area contributed by atoms with Crippen molar-refractivity contribution in [2.75, 3.05) is 33.2 Å². The number of nitrogens with zero attached hydrogens (tertiary/aromatic N) is 1. The number of aliphatic hydroxyl groups excluding tert-OH is 1. The van der Waals surface area contributed by atoms with Gasteiger partial charge in [-0.15, -0.1) is 0 Å². The Labute approximate surface area is 265 Å². The molecule has 0 aliphatic carbocycles. The summed E-state index contributed by atoms with van der Waals surface area (Å²) in [5.74, 6) is -0.784. The zero-order valence-corrected chi connectivity index (χ0v) is 26.0. The van der Waals surface area contributed by atoms with Gasteiger partial charge in [0.25, 0.3) is 5.91 Å². The van der Waals surface area contributed by atoms with Gasteiger partial charge in [0.05, 0.1) is 27.0 Å². The molecular formula is C35H33N3O8. The van der Waals surface area contributed by atoms with Crippen molar-refractivity contribution in [2.24, 2.45) is 0 Å². The highest BCUT2D eigenvalue weighted by atomic mass is 16.5. The fourth-order valence-corrected chi connectivity index (χ4v) is 4.72. The number of anilines is 1. The van der Waals surface area contributed by atoms with Crippen molar-refractivity contribution in [1.82, 2.24) is 5.32 Å². The molecule has 3 N–H and O–H groups in total. The number of amides is 2. The normalized spacial score (nSPS) is 11.7. The van der Waals surface area contributed by atoms with Gasteiger partial charge >= 0.3 is 0 Å². The van der Waals surface area contributed by atoms with Crippen molar-refractivity contribution in [3.63, 3.8) is 0 Å². The van der Waals surface area contributed by atoms with Gasteiger partial charge in [0.2, 0.25) is 11.7 Å². The number of carbonyl (C=O) groups is 3. The molecule has 0 saturated carbocycles. The summed E-state index contributed by atoms with van der Waals surface area (Å²) in [6.45, 7) is 3.41. The molecule has 4 rings (SSSR count). The number of hydrogen-bond donors (Lipinski definition) is 3. The van der Waals surface area contributed by atoms with Gasteiger partial charge in [0.1, 0.15) is 11.8 Å². The van der Waals surface area contributed by atoms with Crippen LogP contribution in [0, 0.1) is 11.3 Å². The maximum atomic E-state index is 13.7. The van der Waals surface area contributed by atoms with Gasteiger partial charge in [-0.25, -0.2) is 0 Å². The van der Waals surface area contributed by atoms with Crippen molar-refractivity contribution in [3.8, 4) is 23.3 Å². The number of furan rings is 1. The number of hydrogen-bond acceptors (Lipinski definition) is 9. The van der Waals surface area contributed by atoms with Crippen molar-refractivity contribution in [3.05, 3.63) is 101 Å². The summed E-state index contributed by atoms with van der Waals surface area (Å²) in [7, 11) is 4.58. The van der Waals surface area contributed by atoms with E-state index in [9.17, 15) is 24.8 Å². The third kappa shape index (κ3) is 7.19. The minimum atomic E-state index is -0.903. The maximum Gasteiger partial charge on any atom is 0.269 e. The Hall–Kier alpha value is -6.02. The molecule has 0 atom stereocenters. The Morgan fingerprint density at radius 3 is 2.22 bits per heavy atom. The summed E-state index contributed by atoms with van der Waals surface area (Å²) < 4.78 is 21.9. The molecule has 2 amide bonds. The topological polar surface area (TPSA) is 160 Å². The molecule has 0 aliphatic rings. The van der Waals surface area contributed by atoms with Gasteiger partial charge in [-0.1, -0.05) is 36.4 Å². The second-order valence-electron chi connectivity index (χ2n) is 10.1. The quantitative estimate of drug-likeness (QED) is 0.0773. The van der Waals surface area contributed by atoms with E-state index in [1.165, 1.54) is 20.1 Å². The third-order valence-corrected chi connectivity index (χ3v) is 7.16. The van der Waals surface area contributed by atoms with E-state index >= 15 is 0 Å². The van der Waals surface area contributed by atoms with E-state index in [2.05, 4.69) is 10.6 Å². The zero-order chi connectivity index (χ0) is 33.4. The molecule has 0 spiro atoms. The van der Waals surface area contributed by atoms with E-state index < -0.39 is 23.0 Å². The minimum absolute atomic E-state index is 0.0304. The van der Waals surface area contributed by atoms with E-state index in [-0.39, 0.29) is 28.5 Å². The number of allylic oxidation sites excluding steroid dienone is 2. The molecule has 0 unspecified atom stereocenters. The highest BCUT2D eigenvalue weighted by Gasteiger charge is 2.26. The molecule has 11 nitrogen and oxygen atoms in total. The lowest BCUT2D eigenvalue weighted by Gasteiger charge is -2.10. The van der Waals surface area contributed by atoms with Gasteiger partial charge in [-0.3, -0.25) is 14.4 Å². The summed E-state index contributed by atoms with van der Waals surface area (Å²) in [6.07, 6.45) is 2.08. The lowest BCUT2D eigenvalue weighted by molar-refractivity contribution is -0.116. The van der Waals surface area contributed by atoms with Gasteiger partial charge in [-0.05, 0) is 61.2 Å². The number of nitrogens with one attached hydrogen (secondary N) is 2. The first-order valence-electron chi connectivity index (χ1n) is 14.1. The molecule has 236 valence electrons. The Morgan fingerprint density at radius 2 is 1.59 bits per heavy atom. The van der Waals surface area contributed by atoms with Crippen LogP contribution in [0.5, 0.6) is 17.2 Å². The lowest BCUT2D eigenvalue weighted by Crippen LogP contribution is -2.23. The van der Waals surface area contributed by atoms with Crippen LogP contribution in [0.4, 0.5) is 5.69 Å². The van der Waals surface area contributed by atoms with E-state index in [1.807, 2.05) is 18.2 Å². The number of rotatable bonds is 12. The minimum Gasteiger partial charge on any atom is -0.511 e. The van der Waals surface area contributed by atoms with Crippen molar-refractivity contribution in [1.29, 1.82) is 5.26 Å². The Bertz CT molecular complexity index is 1890. The average Bonchev–Trinajstić information content (AvgIpc) is 3.42. The zero-order valence-electron chi connectivity index (χ0n) is 26.0. The molecule has 3 aromatic carbocycles. The lowest BCUT2D eigenvalue weighted by atomic mass is 10.0. The van der Waals surface area contributed by atoms with Gasteiger partial charge in [0.15, 0.2) is 34.2 Å². The van der Waals surface area contributed by atoms with Crippen molar-refractivity contribution in [2.45, 2.75) is 20.3 Å². The summed E-state index contributed by atoms with van der Waals surface area (Å²) in [4.78, 5) is 39.1. The van der Waals surface area contributed by atoms with Gasteiger partial charge in [0, 0.05) is 23.6 Å². The molecule has 1 aromatic heterocycles. The summed E-state index contributed by atoms with van der Waals surface area (Å²) in [5.41, 5.74) is 2.37. The summed E-state index contributed by atoms with van der Waals surface area (Å²) in [6, 6.07) is 18.7. The van der Waals surface area contributed by atoms with Gasteiger partial charge in [-0.2, -0.15) is 5.26 Å². The largest absolute Gasteiger partial charge is 0.511 e. The fourth-order valence-electron chi connectivity index (χ4n) is 4.72. The van der Waals surface area contributed by atoms with E-state index in [4.69, 9.17) is 18.6 Å². The SMILES string of the molecule is COc1ccc(CCNC(=O)/C=C(\C)c2ccc(C(=O)c3oc4c(OC)cccc4c3NC(=O)/C(C#N)=C(/C)O)cc2)cc1OC. The van der Waals surface area contributed by atoms with Crippen LogP contribution in [0.15, 0.2) is 82.5 Å². The number of ketones is 1. The molecule has 1 heterocycles. The van der Waals surface area contributed by atoms with Gasteiger partial charge < -0.3 is 34.4 Å². The average molecular weight is 624 g/mol. The first-order valence-corrected chi connectivity index (χ1v) is 14.1. The molecule has 4 aromatic rings. The Balaban J connectivity index is 1.51. The molecule has 0 bridgehead atoms. The monoisotopic (exact) mass is 623 g/mol. The van der Waals surface area contributed by atoms with Crippen LogP contribution < -0.4 is 24.8 Å². The molecule has 46 heavy (non-hydrogen) atoms. The number of para-hydroxylation sites is 1. The van der Waals surface area contributed by atoms with Crippen molar-refractivity contribution >= 4 is 39.8 Å². The first kappa shape index (κ1) is 32.9. The third-order valence-electron chi connectivity index (χ3n) is 7.16. The summed E-state index contributed by atoms with van der Waals surface area (Å²) >= 11 is 0. The van der Waals surface area contributed by atoms with Crippen LogP contribution in [0.25, 0.3) is 16.5 Å². The molecule has 0 fully saturated rings. The number of carbonyl (C=O) groups excluding carboxylic acids is 3. The Morgan fingerprint density at radius 1 is 0.913 bits per heavy atom. The standard InChI is InChI=1S/C35H33N3O8/c1-20(17-30(40)37-16-15-22-9-14-27(43-3)29(18-22)45-5)23-10-12-24(13-11-23)32(41)34-31(38-35(42)26(19-36)21(2)39)25-7-6-8-28(44-4)33(25)46-34/h6-14,17-18,39H,15-16H2,1-5H3,(H,37,40)(H,38,42)/b20-17+,26-21-. The molecule has 0 saturated heterocycles. The van der Waals surface area contributed by atoms with Crippen LogP contribution in [0.2, 0.25) is 0 Å². The summed E-state index contributed by atoms with van der Waals surface area (Å²) in [5, 5.41) is 24.9. The predicted octanol–water partition coefficient (Wildman–Crippen LogP) is 5.75. The number of benzene rings is 3. The van der Waals surface area contributed by atoms with Crippen LogP contribution in [0.1, 0.15) is 41.1 Å². The second-order valence-corrected chi connectivity index (χ2v) is 10.1. The van der Waals surface area contributed by atoms with E-state index in [0.717, 1.165) is 5.56 Å². The first-order chi connectivity index (χ1) is 22.1. The molecular weight excluding hydrogens is 590 g/mol. The highest BCUT2D eigenvalue weighted by molar-refractivity contribution is 6.20. The van der Waals surface area contributed by atoms with Crippen LogP contribution >= 0.6 is 0 Å². The number of nitriles is 1. The predicted molar refractivity (Wildman–Crippen MR) is 172 cm³/mol. The molecule has 0 radical (unpaired) electrons. The maximum absolute atomic E-state index is 13.7. The van der Waals surface area contributed by atoms with E-state index in [0.29, 0.717) is 46.7 Å². The van der Waals surface area contributed by atoms with Crippen LogP contribution in [0.3, 0.4) is 0 Å². The number of fused-ring (bicyclic) bond motifs is 1. The molecule has 0 aliphatic heterocycles. The van der Waals surface area contributed by atoms with Crippen molar-refractivity contribution < 1.29 is 38.1 Å². The van der Waals surface area contributed by atoms with E-state index in [1.54, 1.807) is 69.7 Å². The van der Waals surface area contributed by atoms with Crippen LogP contribution in [-0.2, 0) is 16.0 Å². The van der Waals surface area contributed by atoms with Crippen LogP contribution in [-0.4, -0.2) is 50.6 Å².